The van der Waals surface area contributed by atoms with E-state index in [1.54, 1.807) is 7.11 Å². The Morgan fingerprint density at radius 3 is 2.44 bits per heavy atom. The van der Waals surface area contributed by atoms with Crippen molar-refractivity contribution < 1.29 is 29.6 Å². The van der Waals surface area contributed by atoms with E-state index < -0.39 is 22.5 Å². The highest BCUT2D eigenvalue weighted by atomic mass is 16.5. The summed E-state index contributed by atoms with van der Waals surface area (Å²) in [6, 6.07) is 10.0. The zero-order valence-electron chi connectivity index (χ0n) is 31.0. The van der Waals surface area contributed by atoms with Crippen LogP contribution in [0.5, 0.6) is 0 Å². The second kappa shape index (κ2) is 14.2. The lowest BCUT2D eigenvalue weighted by Crippen LogP contribution is -2.67. The Morgan fingerprint density at radius 1 is 0.960 bits per heavy atom. The van der Waals surface area contributed by atoms with Crippen LogP contribution in [0.15, 0.2) is 54.1 Å². The molecular weight excluding hydrogens is 626 g/mol. The molecule has 4 saturated carbocycles. The minimum absolute atomic E-state index is 0.0184. The number of ether oxygens (including phenoxy) is 2. The van der Waals surface area contributed by atoms with Crippen molar-refractivity contribution in [2.24, 2.45) is 39.4 Å². The highest BCUT2D eigenvalue weighted by Crippen LogP contribution is 2.78. The monoisotopic (exact) mass is 689 g/mol. The van der Waals surface area contributed by atoms with Gasteiger partial charge in [0.1, 0.15) is 0 Å². The second-order valence-corrected chi connectivity index (χ2v) is 17.7. The van der Waals surface area contributed by atoms with Crippen molar-refractivity contribution in [2.45, 2.75) is 122 Å². The Balaban J connectivity index is 1.16. The van der Waals surface area contributed by atoms with Crippen LogP contribution >= 0.6 is 0 Å². The third-order valence-corrected chi connectivity index (χ3v) is 15.2. The molecule has 9 unspecified atom stereocenters. The van der Waals surface area contributed by atoms with Gasteiger partial charge in [0, 0.05) is 61.1 Å². The first-order chi connectivity index (χ1) is 24.0. The average Bonchev–Trinajstić information content (AvgIpc) is 3.38. The van der Waals surface area contributed by atoms with Crippen molar-refractivity contribution in [2.75, 3.05) is 40.0 Å². The molecule has 0 radical (unpaired) electrons. The van der Waals surface area contributed by atoms with Crippen molar-refractivity contribution in [3.8, 4) is 0 Å². The smallest absolute Gasteiger partial charge is 0.162 e. The van der Waals surface area contributed by atoms with Gasteiger partial charge in [0.2, 0.25) is 0 Å². The van der Waals surface area contributed by atoms with E-state index in [0.717, 1.165) is 75.3 Å². The number of benzene rings is 1. The normalized spacial score (nSPS) is 39.9. The zero-order chi connectivity index (χ0) is 35.2. The fraction of sp³-hybridized carbons (Fsp3) is 0.744. The molecule has 0 saturated heterocycles. The van der Waals surface area contributed by atoms with E-state index in [2.05, 4.69) is 37.0 Å². The largest absolute Gasteiger partial charge is 0.393 e. The highest BCUT2D eigenvalue weighted by molar-refractivity contribution is 6.00. The fourth-order valence-corrected chi connectivity index (χ4v) is 12.5. The van der Waals surface area contributed by atoms with Crippen LogP contribution in [0.25, 0.3) is 0 Å². The zero-order valence-corrected chi connectivity index (χ0v) is 31.0. The van der Waals surface area contributed by atoms with Gasteiger partial charge in [-0.3, -0.25) is 9.69 Å². The van der Waals surface area contributed by atoms with Crippen LogP contribution in [-0.2, 0) is 20.9 Å². The lowest BCUT2D eigenvalue weighted by Gasteiger charge is -2.71. The van der Waals surface area contributed by atoms with Gasteiger partial charge in [-0.15, -0.1) is 0 Å². The number of Topliss-reactive ketones (excluding diaryl/α,β-unsaturated/α-hetero) is 1. The number of hydrogen-bond acceptors (Lipinski definition) is 7. The van der Waals surface area contributed by atoms with E-state index in [9.17, 15) is 20.1 Å². The van der Waals surface area contributed by atoms with Crippen LogP contribution in [0.1, 0.15) is 103 Å². The van der Waals surface area contributed by atoms with E-state index in [4.69, 9.17) is 9.47 Å². The molecular formula is C43H63NO6. The summed E-state index contributed by atoms with van der Waals surface area (Å²) in [5.74, 6) is 0.918. The third-order valence-electron chi connectivity index (χ3n) is 15.2. The number of rotatable bonds is 14. The molecule has 7 aliphatic rings. The molecule has 7 heteroatoms. The van der Waals surface area contributed by atoms with Crippen molar-refractivity contribution >= 4 is 5.78 Å². The van der Waals surface area contributed by atoms with Crippen LogP contribution in [0, 0.1) is 39.4 Å². The third kappa shape index (κ3) is 6.00. The number of nitrogens with zero attached hydrogens (tertiary/aromatic N) is 1. The van der Waals surface area contributed by atoms with E-state index in [1.165, 1.54) is 6.42 Å². The Labute approximate surface area is 300 Å². The molecule has 2 spiro atoms. The van der Waals surface area contributed by atoms with Crippen LogP contribution in [0.4, 0.5) is 0 Å². The molecule has 3 N–H and O–H groups in total. The molecule has 50 heavy (non-hydrogen) atoms. The maximum absolute atomic E-state index is 14.8. The van der Waals surface area contributed by atoms with E-state index in [-0.39, 0.29) is 35.4 Å². The molecule has 4 fully saturated rings. The number of allylic oxidation sites excluding steroid dienone is 4. The van der Waals surface area contributed by atoms with E-state index >= 15 is 0 Å². The van der Waals surface area contributed by atoms with Gasteiger partial charge in [0.05, 0.1) is 31.0 Å². The molecule has 0 heterocycles. The van der Waals surface area contributed by atoms with Gasteiger partial charge in [0.15, 0.2) is 5.78 Å². The molecule has 1 aromatic rings. The molecule has 1 aromatic carbocycles. The SMILES string of the molecule is COCCCN(CC(O)COCc1ccccc1)CC1(O)CCC2C34C=CC5(C=C3C(=O)C3CCCCC3)CC(O)CCC5(C)C4CCC21C. The predicted molar refractivity (Wildman–Crippen MR) is 195 cm³/mol. The molecule has 9 atom stereocenters. The first kappa shape index (κ1) is 36.5. The van der Waals surface area contributed by atoms with E-state index in [1.807, 2.05) is 30.3 Å². The summed E-state index contributed by atoms with van der Waals surface area (Å²) in [7, 11) is 1.72. The number of ketones is 1. The minimum atomic E-state index is -0.961. The fourth-order valence-electron chi connectivity index (χ4n) is 12.5. The number of fused-ring (bicyclic) bond motifs is 1. The number of aliphatic hydroxyl groups excluding tert-OH is 2. The van der Waals surface area contributed by atoms with Crippen LogP contribution in [0.2, 0.25) is 0 Å². The molecule has 7 aliphatic carbocycles. The Kier molecular flexibility index (Phi) is 10.3. The standard InChI is InChI=1S/C43H63NO6/c1-39-18-15-33(45)25-41(39)21-22-43(35(26-41)38(47)32-13-8-5-9-14-32)36(39)16-19-40(2)37(43)17-20-42(40,48)30-44(23-10-24-49-3)27-34(46)29-50-28-31-11-6-4-7-12-31/h4,6-7,11-12,21-22,26,32-34,36-37,45-46,48H,5,8-10,13-20,23-25,27-30H2,1-3H3. The number of carbonyl (C=O) groups excluding carboxylic acids is 1. The van der Waals surface area contributed by atoms with Crippen molar-refractivity contribution in [1.82, 2.24) is 4.90 Å². The van der Waals surface area contributed by atoms with Crippen LogP contribution in [-0.4, -0.2) is 83.8 Å². The summed E-state index contributed by atoms with van der Waals surface area (Å²) in [6.45, 7) is 7.71. The van der Waals surface area contributed by atoms with Crippen LogP contribution < -0.4 is 0 Å². The topological polar surface area (TPSA) is 99.5 Å². The van der Waals surface area contributed by atoms with Crippen molar-refractivity contribution in [3.05, 3.63) is 59.7 Å². The van der Waals surface area contributed by atoms with Gasteiger partial charge >= 0.3 is 0 Å². The lowest BCUT2D eigenvalue weighted by molar-refractivity contribution is -0.180. The highest BCUT2D eigenvalue weighted by Gasteiger charge is 2.74. The quantitative estimate of drug-likeness (QED) is 0.149. The summed E-state index contributed by atoms with van der Waals surface area (Å²) in [5, 5.41) is 35.2. The first-order valence-corrected chi connectivity index (χ1v) is 19.9. The summed E-state index contributed by atoms with van der Waals surface area (Å²) < 4.78 is 11.3. The molecule has 7 nitrogen and oxygen atoms in total. The minimum Gasteiger partial charge on any atom is -0.393 e. The van der Waals surface area contributed by atoms with Crippen molar-refractivity contribution in [3.63, 3.8) is 0 Å². The Hall–Kier alpha value is -1.87. The number of aliphatic hydroxyl groups is 3. The maximum atomic E-state index is 14.8. The number of carbonyl (C=O) groups is 1. The number of methoxy groups -OCH3 is 1. The predicted octanol–water partition coefficient (Wildman–Crippen LogP) is 6.64. The summed E-state index contributed by atoms with van der Waals surface area (Å²) in [5.41, 5.74) is 0.0677. The maximum Gasteiger partial charge on any atom is 0.162 e. The van der Waals surface area contributed by atoms with Crippen molar-refractivity contribution in [1.29, 1.82) is 0 Å². The van der Waals surface area contributed by atoms with E-state index in [0.29, 0.717) is 57.4 Å². The second-order valence-electron chi connectivity index (χ2n) is 17.7. The molecule has 0 aliphatic heterocycles. The number of hydrogen-bond donors (Lipinski definition) is 3. The summed E-state index contributed by atoms with van der Waals surface area (Å²) >= 11 is 0. The van der Waals surface area contributed by atoms with Gasteiger partial charge in [-0.25, -0.2) is 0 Å². The Bertz CT molecular complexity index is 1420. The Morgan fingerprint density at radius 2 is 1.68 bits per heavy atom. The van der Waals surface area contributed by atoms with Gasteiger partial charge < -0.3 is 24.8 Å². The van der Waals surface area contributed by atoms with Gasteiger partial charge in [0.25, 0.3) is 0 Å². The van der Waals surface area contributed by atoms with Gasteiger partial charge in [-0.1, -0.05) is 81.7 Å². The van der Waals surface area contributed by atoms with Crippen LogP contribution in [0.3, 0.4) is 0 Å². The molecule has 0 aromatic heterocycles. The molecule has 8 rings (SSSR count). The summed E-state index contributed by atoms with van der Waals surface area (Å²) in [4.78, 5) is 17.1. The van der Waals surface area contributed by atoms with Gasteiger partial charge in [-0.2, -0.15) is 0 Å². The summed E-state index contributed by atoms with van der Waals surface area (Å²) in [6.07, 6.45) is 18.4. The lowest BCUT2D eigenvalue weighted by atomic mass is 9.32. The molecule has 0 amide bonds. The van der Waals surface area contributed by atoms with Gasteiger partial charge in [-0.05, 0) is 87.0 Å². The molecule has 2 bridgehead atoms. The average molecular weight is 690 g/mol. The first-order valence-electron chi connectivity index (χ1n) is 19.9. The molecule has 276 valence electrons.